The van der Waals surface area contributed by atoms with Crippen LogP contribution in [0.3, 0.4) is 0 Å². The molecule has 0 radical (unpaired) electrons. The fourth-order valence-electron chi connectivity index (χ4n) is 5.08. The molecule has 2 rings (SSSR count). The number of carbonyl (C=O) groups excluding carboxylic acids is 2. The van der Waals surface area contributed by atoms with Gasteiger partial charge in [0.05, 0.1) is 11.7 Å². The van der Waals surface area contributed by atoms with Gasteiger partial charge in [-0.3, -0.25) is 0 Å². The third-order valence-electron chi connectivity index (χ3n) is 6.51. The molecule has 0 spiro atoms. The molecular weight excluding hydrogens is 356 g/mol. The predicted molar refractivity (Wildman–Crippen MR) is 111 cm³/mol. The van der Waals surface area contributed by atoms with Gasteiger partial charge >= 0.3 is 11.9 Å². The van der Waals surface area contributed by atoms with E-state index in [9.17, 15) is 9.59 Å². The normalized spacial score (nSPS) is 25.0. The first-order valence-corrected chi connectivity index (χ1v) is 12.5. The molecule has 0 unspecified atom stereocenters. The van der Waals surface area contributed by atoms with Crippen LogP contribution in [0, 0.1) is 5.92 Å². The van der Waals surface area contributed by atoms with Crippen molar-refractivity contribution in [3.05, 3.63) is 23.3 Å². The van der Waals surface area contributed by atoms with Crippen molar-refractivity contribution >= 4 is 20.3 Å². The maximum atomic E-state index is 12.0. The molecule has 2 atom stereocenters. The van der Waals surface area contributed by atoms with Crippen LogP contribution in [0.4, 0.5) is 0 Å². The number of ether oxygens (including phenoxy) is 1. The zero-order valence-electron chi connectivity index (χ0n) is 18.1. The van der Waals surface area contributed by atoms with Crippen LogP contribution in [0.5, 0.6) is 0 Å². The molecular formula is C22H36O4Si. The van der Waals surface area contributed by atoms with Gasteiger partial charge in [-0.05, 0) is 41.8 Å². The summed E-state index contributed by atoms with van der Waals surface area (Å²) in [5.74, 6) is -0.664. The van der Waals surface area contributed by atoms with Crippen molar-refractivity contribution in [2.24, 2.45) is 5.92 Å². The largest absolute Gasteiger partial charge is 0.413 e. The van der Waals surface area contributed by atoms with Crippen LogP contribution >= 0.6 is 0 Å². The Kier molecular flexibility index (Phi) is 6.90. The summed E-state index contributed by atoms with van der Waals surface area (Å²) < 4.78 is 11.9. The molecule has 152 valence electrons. The molecule has 0 aromatic heterocycles. The predicted octanol–water partition coefficient (Wildman–Crippen LogP) is 5.69. The van der Waals surface area contributed by atoms with E-state index in [0.29, 0.717) is 46.5 Å². The van der Waals surface area contributed by atoms with E-state index < -0.39 is 20.3 Å². The average Bonchev–Trinajstić information content (AvgIpc) is 2.83. The summed E-state index contributed by atoms with van der Waals surface area (Å²) in [4.78, 5) is 24.1. The minimum atomic E-state index is -2.01. The molecule has 0 N–H and O–H groups in total. The Morgan fingerprint density at radius 2 is 1.52 bits per heavy atom. The fraction of sp³-hybridized carbons (Fsp3) is 0.727. The van der Waals surface area contributed by atoms with Gasteiger partial charge in [-0.25, -0.2) is 9.59 Å². The second kappa shape index (κ2) is 8.44. The molecule has 1 aliphatic heterocycles. The standard InChI is InChI=1S/C22H36O4Si/c1-13(2)27(14(3)4,15(5)6)26-20-12-16(7)11-19-18(10-9-17(20)8)21(23)25-22(19)24/h13-15,17,20H,7,9-12H2,1-6,8H3/t17-,20+/m1/s1. The zero-order chi connectivity index (χ0) is 20.5. The molecule has 1 heterocycles. The van der Waals surface area contributed by atoms with Gasteiger partial charge in [-0.1, -0.05) is 60.6 Å². The van der Waals surface area contributed by atoms with Crippen molar-refractivity contribution in [2.75, 3.05) is 0 Å². The lowest BCUT2D eigenvalue weighted by molar-refractivity contribution is -0.151. The highest BCUT2D eigenvalue weighted by Gasteiger charge is 2.47. The lowest BCUT2D eigenvalue weighted by Gasteiger charge is -2.46. The van der Waals surface area contributed by atoms with E-state index in [1.165, 1.54) is 0 Å². The first kappa shape index (κ1) is 22.1. The van der Waals surface area contributed by atoms with Crippen LogP contribution in [0.2, 0.25) is 16.6 Å². The Bertz CT molecular complexity index is 623. The van der Waals surface area contributed by atoms with Crippen LogP contribution in [0.15, 0.2) is 23.3 Å². The molecule has 27 heavy (non-hydrogen) atoms. The second-order valence-electron chi connectivity index (χ2n) is 9.25. The summed E-state index contributed by atoms with van der Waals surface area (Å²) in [7, 11) is -2.01. The van der Waals surface area contributed by atoms with Crippen molar-refractivity contribution in [3.8, 4) is 0 Å². The lowest BCUT2D eigenvalue weighted by Crippen LogP contribution is -2.51. The van der Waals surface area contributed by atoms with Gasteiger partial charge in [0.15, 0.2) is 0 Å². The average molecular weight is 393 g/mol. The van der Waals surface area contributed by atoms with E-state index in [4.69, 9.17) is 9.16 Å². The van der Waals surface area contributed by atoms with Crippen LogP contribution in [-0.4, -0.2) is 26.4 Å². The van der Waals surface area contributed by atoms with Crippen molar-refractivity contribution in [1.82, 2.24) is 0 Å². The number of rotatable bonds is 5. The minimum Gasteiger partial charge on any atom is -0.413 e. The third-order valence-corrected chi connectivity index (χ3v) is 12.6. The summed E-state index contributed by atoms with van der Waals surface area (Å²) in [5.41, 5.74) is 3.57. The summed E-state index contributed by atoms with van der Waals surface area (Å²) in [6, 6.07) is 0. The third kappa shape index (κ3) is 4.29. The molecule has 0 aromatic rings. The van der Waals surface area contributed by atoms with Crippen molar-refractivity contribution in [1.29, 1.82) is 0 Å². The van der Waals surface area contributed by atoms with Crippen LogP contribution in [0.25, 0.3) is 0 Å². The fourth-order valence-corrected chi connectivity index (χ4v) is 10.7. The van der Waals surface area contributed by atoms with Gasteiger partial charge in [-0.15, -0.1) is 0 Å². The topological polar surface area (TPSA) is 52.6 Å². The Morgan fingerprint density at radius 1 is 1.00 bits per heavy atom. The summed E-state index contributed by atoms with van der Waals surface area (Å²) in [6.45, 7) is 20.2. The molecule has 0 fully saturated rings. The van der Waals surface area contributed by atoms with E-state index >= 15 is 0 Å². The Labute approximate surface area is 165 Å². The number of carbonyl (C=O) groups is 2. The van der Waals surface area contributed by atoms with Crippen LogP contribution in [-0.2, 0) is 18.8 Å². The van der Waals surface area contributed by atoms with Gasteiger partial charge in [0, 0.05) is 12.0 Å². The number of hydrogen-bond acceptors (Lipinski definition) is 4. The molecule has 0 saturated heterocycles. The Morgan fingerprint density at radius 3 is 2.04 bits per heavy atom. The van der Waals surface area contributed by atoms with Crippen molar-refractivity contribution < 1.29 is 18.8 Å². The van der Waals surface area contributed by atoms with Gasteiger partial charge < -0.3 is 9.16 Å². The van der Waals surface area contributed by atoms with Gasteiger partial charge in [0.1, 0.15) is 0 Å². The molecule has 0 amide bonds. The Hall–Kier alpha value is -1.20. The maximum Gasteiger partial charge on any atom is 0.342 e. The molecule has 0 bridgehead atoms. The van der Waals surface area contributed by atoms with Gasteiger partial charge in [0.2, 0.25) is 8.32 Å². The summed E-state index contributed by atoms with van der Waals surface area (Å²) >= 11 is 0. The van der Waals surface area contributed by atoms with E-state index in [1.807, 2.05) is 0 Å². The van der Waals surface area contributed by atoms with Crippen LogP contribution in [0.1, 0.15) is 74.1 Å². The number of hydrogen-bond donors (Lipinski definition) is 0. The Balaban J connectivity index is 2.30. The van der Waals surface area contributed by atoms with E-state index in [1.54, 1.807) is 0 Å². The van der Waals surface area contributed by atoms with Crippen LogP contribution < -0.4 is 0 Å². The molecule has 0 aromatic carbocycles. The summed E-state index contributed by atoms with van der Waals surface area (Å²) in [6.07, 6.45) is 2.64. The minimum absolute atomic E-state index is 0.0857. The quantitative estimate of drug-likeness (QED) is 0.261. The molecule has 0 saturated carbocycles. The SMILES string of the molecule is C=C1CC2=C(CC[C@@H](C)[C@@H](O[Si](C(C)C)(C(C)C)C(C)C)C1)C(=O)OC2=O. The molecule has 1 aliphatic carbocycles. The highest BCUT2D eigenvalue weighted by molar-refractivity contribution is 6.77. The van der Waals surface area contributed by atoms with Crippen molar-refractivity contribution in [3.63, 3.8) is 0 Å². The monoisotopic (exact) mass is 392 g/mol. The second-order valence-corrected chi connectivity index (χ2v) is 14.7. The highest BCUT2D eigenvalue weighted by Crippen LogP contribution is 2.45. The zero-order valence-corrected chi connectivity index (χ0v) is 19.1. The molecule has 2 aliphatic rings. The lowest BCUT2D eigenvalue weighted by atomic mass is 9.94. The van der Waals surface area contributed by atoms with Crippen molar-refractivity contribution in [2.45, 2.75) is 96.9 Å². The van der Waals surface area contributed by atoms with E-state index in [0.717, 1.165) is 18.4 Å². The van der Waals surface area contributed by atoms with Gasteiger partial charge in [-0.2, -0.15) is 0 Å². The maximum absolute atomic E-state index is 12.0. The smallest absolute Gasteiger partial charge is 0.342 e. The summed E-state index contributed by atoms with van der Waals surface area (Å²) in [5, 5.41) is 0. The molecule has 4 nitrogen and oxygen atoms in total. The van der Waals surface area contributed by atoms with Gasteiger partial charge in [0.25, 0.3) is 0 Å². The highest BCUT2D eigenvalue weighted by atomic mass is 28.4. The number of esters is 2. The molecule has 5 heteroatoms. The first-order valence-electron chi connectivity index (χ1n) is 10.3. The van der Waals surface area contributed by atoms with E-state index in [-0.39, 0.29) is 6.10 Å². The van der Waals surface area contributed by atoms with E-state index in [2.05, 4.69) is 55.0 Å². The first-order chi connectivity index (χ1) is 12.5. The number of cyclic esters (lactones) is 2.